The van der Waals surface area contributed by atoms with Crippen molar-refractivity contribution in [3.63, 3.8) is 0 Å². The quantitative estimate of drug-likeness (QED) is 0.834. The fourth-order valence-electron chi connectivity index (χ4n) is 2.20. The Morgan fingerprint density at radius 3 is 2.93 bits per heavy atom. The number of fused-ring (bicyclic) bond motifs is 1. The molecule has 1 aliphatic carbocycles. The normalized spacial score (nSPS) is 25.1. The van der Waals surface area contributed by atoms with E-state index in [9.17, 15) is 0 Å². The second-order valence-electron chi connectivity index (χ2n) is 4.45. The first-order valence-corrected chi connectivity index (χ1v) is 6.21. The maximum Gasteiger partial charge on any atom is 0.117 e. The van der Waals surface area contributed by atoms with E-state index in [0.717, 1.165) is 11.4 Å². The second kappa shape index (κ2) is 3.49. The highest BCUT2D eigenvalue weighted by molar-refractivity contribution is 7.11. The lowest BCUT2D eigenvalue weighted by atomic mass is 9.82. The molecule has 0 saturated heterocycles. The van der Waals surface area contributed by atoms with Crippen molar-refractivity contribution < 1.29 is 0 Å². The van der Waals surface area contributed by atoms with E-state index in [1.807, 2.05) is 6.07 Å². The Morgan fingerprint density at radius 1 is 1.33 bits per heavy atom. The summed E-state index contributed by atoms with van der Waals surface area (Å²) in [5, 5.41) is 6.09. The van der Waals surface area contributed by atoms with E-state index < -0.39 is 0 Å². The summed E-state index contributed by atoms with van der Waals surface area (Å²) >= 11 is 1.58. The van der Waals surface area contributed by atoms with E-state index in [2.05, 4.69) is 34.8 Å². The Labute approximate surface area is 93.5 Å². The van der Waals surface area contributed by atoms with E-state index in [1.165, 1.54) is 23.2 Å². The molecule has 3 rings (SSSR count). The topological polar surface area (TPSA) is 24.9 Å². The number of anilines is 1. The molecule has 1 aliphatic rings. The summed E-state index contributed by atoms with van der Waals surface area (Å²) in [4.78, 5) is 0. The molecule has 1 N–H and O–H groups in total. The highest BCUT2D eigenvalue weighted by atomic mass is 32.1. The molecular weight excluding hydrogens is 204 g/mol. The van der Waals surface area contributed by atoms with Gasteiger partial charge in [0.1, 0.15) is 5.00 Å². The molecule has 0 amide bonds. The molecule has 15 heavy (non-hydrogen) atoms. The van der Waals surface area contributed by atoms with Crippen LogP contribution in [0.4, 0.5) is 5.00 Å². The van der Waals surface area contributed by atoms with Crippen LogP contribution in [0.1, 0.15) is 19.8 Å². The van der Waals surface area contributed by atoms with E-state index in [-0.39, 0.29) is 0 Å². The van der Waals surface area contributed by atoms with Gasteiger partial charge < -0.3 is 5.32 Å². The minimum atomic E-state index is 0.670. The van der Waals surface area contributed by atoms with E-state index in [1.54, 1.807) is 11.5 Å². The smallest absolute Gasteiger partial charge is 0.117 e. The molecular formula is C12H14N2S. The van der Waals surface area contributed by atoms with Crippen molar-refractivity contribution in [2.45, 2.75) is 25.8 Å². The number of hydrogen-bond donors (Lipinski definition) is 1. The van der Waals surface area contributed by atoms with Crippen LogP contribution in [0.3, 0.4) is 0 Å². The van der Waals surface area contributed by atoms with Gasteiger partial charge in [0.2, 0.25) is 0 Å². The van der Waals surface area contributed by atoms with Crippen LogP contribution in [0.25, 0.3) is 10.9 Å². The van der Waals surface area contributed by atoms with Crippen LogP contribution >= 0.6 is 11.5 Å². The van der Waals surface area contributed by atoms with E-state index >= 15 is 0 Å². The monoisotopic (exact) mass is 218 g/mol. The first-order valence-electron chi connectivity index (χ1n) is 5.44. The summed E-state index contributed by atoms with van der Waals surface area (Å²) in [6.45, 7) is 2.31. The Kier molecular flexibility index (Phi) is 2.13. The first kappa shape index (κ1) is 9.16. The van der Waals surface area contributed by atoms with Crippen LogP contribution in [0.5, 0.6) is 0 Å². The molecule has 1 aromatic heterocycles. The summed E-state index contributed by atoms with van der Waals surface area (Å²) in [5.41, 5.74) is 1.11. The van der Waals surface area contributed by atoms with Crippen LogP contribution in [0.15, 0.2) is 24.3 Å². The lowest BCUT2D eigenvalue weighted by Gasteiger charge is -2.33. The summed E-state index contributed by atoms with van der Waals surface area (Å²) < 4.78 is 4.43. The third kappa shape index (κ3) is 1.61. The van der Waals surface area contributed by atoms with Crippen LogP contribution < -0.4 is 5.32 Å². The van der Waals surface area contributed by atoms with Gasteiger partial charge in [0.05, 0.1) is 5.52 Å². The lowest BCUT2D eigenvalue weighted by molar-refractivity contribution is 0.310. The van der Waals surface area contributed by atoms with Gasteiger partial charge in [-0.15, -0.1) is 0 Å². The van der Waals surface area contributed by atoms with Crippen LogP contribution in [0, 0.1) is 5.92 Å². The Bertz CT molecular complexity index is 471. The summed E-state index contributed by atoms with van der Waals surface area (Å²) in [6, 6.07) is 9.00. The third-order valence-corrected chi connectivity index (χ3v) is 3.90. The molecule has 1 fully saturated rings. The summed E-state index contributed by atoms with van der Waals surface area (Å²) in [7, 11) is 0. The number of rotatable bonds is 2. The largest absolute Gasteiger partial charge is 0.372 e. The molecule has 0 aliphatic heterocycles. The van der Waals surface area contributed by atoms with Gasteiger partial charge in [-0.1, -0.05) is 19.1 Å². The number of hydrogen-bond acceptors (Lipinski definition) is 3. The molecule has 1 saturated carbocycles. The zero-order valence-corrected chi connectivity index (χ0v) is 9.55. The summed E-state index contributed by atoms with van der Waals surface area (Å²) in [5.74, 6) is 0.890. The maximum atomic E-state index is 4.43. The lowest BCUT2D eigenvalue weighted by Crippen LogP contribution is -2.33. The molecule has 3 heteroatoms. The maximum absolute atomic E-state index is 4.43. The number of aromatic nitrogens is 1. The average Bonchev–Trinajstić information content (AvgIpc) is 2.60. The number of nitrogens with zero attached hydrogens (tertiary/aromatic N) is 1. The molecule has 1 aromatic carbocycles. The zero-order valence-electron chi connectivity index (χ0n) is 8.73. The minimum Gasteiger partial charge on any atom is -0.372 e. The van der Waals surface area contributed by atoms with Crippen molar-refractivity contribution in [3.05, 3.63) is 24.3 Å². The Morgan fingerprint density at radius 2 is 2.13 bits per heavy atom. The average molecular weight is 218 g/mol. The molecule has 78 valence electrons. The van der Waals surface area contributed by atoms with Crippen molar-refractivity contribution >= 4 is 27.4 Å². The Hall–Kier alpha value is -1.09. The van der Waals surface area contributed by atoms with Gasteiger partial charge in [-0.25, -0.2) is 0 Å². The molecule has 2 aromatic rings. The van der Waals surface area contributed by atoms with E-state index in [4.69, 9.17) is 0 Å². The molecule has 0 bridgehead atoms. The van der Waals surface area contributed by atoms with Crippen LogP contribution in [-0.4, -0.2) is 10.4 Å². The number of nitrogens with one attached hydrogen (secondary N) is 1. The molecule has 1 heterocycles. The highest BCUT2D eigenvalue weighted by Crippen LogP contribution is 2.34. The third-order valence-electron chi connectivity index (χ3n) is 3.09. The first-order chi connectivity index (χ1) is 7.33. The number of benzene rings is 1. The van der Waals surface area contributed by atoms with Crippen LogP contribution in [-0.2, 0) is 0 Å². The molecule has 2 nitrogen and oxygen atoms in total. The van der Waals surface area contributed by atoms with Crippen molar-refractivity contribution in [3.8, 4) is 0 Å². The Balaban J connectivity index is 1.85. The van der Waals surface area contributed by atoms with E-state index in [0.29, 0.717) is 6.04 Å². The van der Waals surface area contributed by atoms with Gasteiger partial charge in [0.15, 0.2) is 0 Å². The van der Waals surface area contributed by atoms with Crippen molar-refractivity contribution in [1.29, 1.82) is 0 Å². The van der Waals surface area contributed by atoms with Crippen molar-refractivity contribution in [2.24, 2.45) is 5.92 Å². The molecule has 0 radical (unpaired) electrons. The van der Waals surface area contributed by atoms with Gasteiger partial charge in [-0.05, 0) is 42.4 Å². The minimum absolute atomic E-state index is 0.670. The standard InChI is InChI=1S/C12H14N2S/c1-8-6-9(7-8)13-12-10-4-2-3-5-11(10)14-15-12/h2-5,8-9,13H,6-7H2,1H3. The second-order valence-corrected chi connectivity index (χ2v) is 5.22. The van der Waals surface area contributed by atoms with Crippen molar-refractivity contribution in [2.75, 3.05) is 5.32 Å². The van der Waals surface area contributed by atoms with Gasteiger partial charge in [0.25, 0.3) is 0 Å². The molecule has 0 atom stereocenters. The van der Waals surface area contributed by atoms with Gasteiger partial charge in [-0.3, -0.25) is 0 Å². The van der Waals surface area contributed by atoms with Crippen molar-refractivity contribution in [1.82, 2.24) is 4.37 Å². The zero-order chi connectivity index (χ0) is 10.3. The fourth-order valence-corrected chi connectivity index (χ4v) is 3.04. The highest BCUT2D eigenvalue weighted by Gasteiger charge is 2.25. The molecule has 0 unspecified atom stereocenters. The van der Waals surface area contributed by atoms with Gasteiger partial charge in [-0.2, -0.15) is 4.37 Å². The van der Waals surface area contributed by atoms with Gasteiger partial charge >= 0.3 is 0 Å². The van der Waals surface area contributed by atoms with Crippen LogP contribution in [0.2, 0.25) is 0 Å². The summed E-state index contributed by atoms with van der Waals surface area (Å²) in [6.07, 6.45) is 2.60. The predicted octanol–water partition coefficient (Wildman–Crippen LogP) is 3.51. The predicted molar refractivity (Wildman–Crippen MR) is 65.4 cm³/mol. The van der Waals surface area contributed by atoms with Gasteiger partial charge in [0, 0.05) is 11.4 Å². The fraction of sp³-hybridized carbons (Fsp3) is 0.417. The SMILES string of the molecule is CC1CC(Nc2snc3ccccc23)C1. The molecule has 0 spiro atoms.